The minimum absolute atomic E-state index is 0.736. The number of fused-ring (bicyclic) bond motifs is 1. The van der Waals surface area contributed by atoms with Crippen molar-refractivity contribution in [3.63, 3.8) is 0 Å². The largest absolute Gasteiger partial charge is 0.350 e. The Kier molecular flexibility index (Phi) is 3.67. The van der Waals surface area contributed by atoms with Gasteiger partial charge in [0.15, 0.2) is 0 Å². The normalized spacial score (nSPS) is 11.4. The minimum Gasteiger partial charge on any atom is -0.350 e. The lowest BCUT2D eigenvalue weighted by Gasteiger charge is -2.02. The number of aromatic nitrogens is 1. The van der Waals surface area contributed by atoms with Crippen LogP contribution in [0.2, 0.25) is 5.02 Å². The highest BCUT2D eigenvalue weighted by molar-refractivity contribution is 6.31. The van der Waals surface area contributed by atoms with E-state index in [9.17, 15) is 0 Å². The van der Waals surface area contributed by atoms with Crippen LogP contribution in [0.5, 0.6) is 0 Å². The summed E-state index contributed by atoms with van der Waals surface area (Å²) in [6.45, 7) is 1.98. The van der Waals surface area contributed by atoms with E-state index >= 15 is 0 Å². The van der Waals surface area contributed by atoms with Gasteiger partial charge in [0.05, 0.1) is 11.9 Å². The van der Waals surface area contributed by atoms with E-state index in [0.717, 1.165) is 21.8 Å². The van der Waals surface area contributed by atoms with E-state index in [4.69, 9.17) is 11.6 Å². The highest BCUT2D eigenvalue weighted by Gasteiger charge is 2.03. The standard InChI is InChI=1S/C17H16ClN3/c1-12-7-8-14(9-16(12)18)20-19-10-13-11-21(2)17-6-4-3-5-15(13)17/h3-11,20H,1-2H3/b19-10+. The fraction of sp³-hybridized carbons (Fsp3) is 0.118. The maximum Gasteiger partial charge on any atom is 0.0576 e. The Morgan fingerprint density at radius 3 is 2.81 bits per heavy atom. The second-order valence-electron chi connectivity index (χ2n) is 5.05. The average Bonchev–Trinajstić information content (AvgIpc) is 2.80. The van der Waals surface area contributed by atoms with E-state index in [1.54, 1.807) is 0 Å². The first-order chi connectivity index (χ1) is 10.1. The molecule has 3 nitrogen and oxygen atoms in total. The van der Waals surface area contributed by atoms with Gasteiger partial charge in [-0.2, -0.15) is 5.10 Å². The van der Waals surface area contributed by atoms with Gasteiger partial charge in [0.2, 0.25) is 0 Å². The monoisotopic (exact) mass is 297 g/mol. The molecule has 1 aromatic heterocycles. The molecule has 0 fully saturated rings. The second kappa shape index (κ2) is 5.62. The predicted molar refractivity (Wildman–Crippen MR) is 90.3 cm³/mol. The fourth-order valence-corrected chi connectivity index (χ4v) is 2.50. The Morgan fingerprint density at radius 1 is 1.19 bits per heavy atom. The molecule has 21 heavy (non-hydrogen) atoms. The van der Waals surface area contributed by atoms with Gasteiger partial charge in [-0.3, -0.25) is 5.43 Å². The Hall–Kier alpha value is -2.26. The van der Waals surface area contributed by atoms with Crippen LogP contribution in [0.4, 0.5) is 5.69 Å². The zero-order chi connectivity index (χ0) is 14.8. The molecule has 4 heteroatoms. The van der Waals surface area contributed by atoms with Gasteiger partial charge in [0.25, 0.3) is 0 Å². The van der Waals surface area contributed by atoms with Gasteiger partial charge in [-0.1, -0.05) is 35.9 Å². The van der Waals surface area contributed by atoms with Crippen LogP contribution in [-0.4, -0.2) is 10.8 Å². The van der Waals surface area contributed by atoms with Crippen LogP contribution in [0.3, 0.4) is 0 Å². The summed E-state index contributed by atoms with van der Waals surface area (Å²) < 4.78 is 2.10. The Balaban J connectivity index is 1.83. The summed E-state index contributed by atoms with van der Waals surface area (Å²) >= 11 is 6.10. The molecule has 0 aliphatic carbocycles. The molecule has 0 saturated carbocycles. The SMILES string of the molecule is Cc1ccc(N/N=C/c2cn(C)c3ccccc23)cc1Cl. The van der Waals surface area contributed by atoms with Crippen molar-refractivity contribution in [1.82, 2.24) is 4.57 Å². The quantitative estimate of drug-likeness (QED) is 0.556. The first-order valence-corrected chi connectivity index (χ1v) is 7.12. The van der Waals surface area contributed by atoms with Crippen LogP contribution in [0.15, 0.2) is 53.8 Å². The number of rotatable bonds is 3. The highest BCUT2D eigenvalue weighted by Crippen LogP contribution is 2.21. The van der Waals surface area contributed by atoms with Crippen LogP contribution >= 0.6 is 11.6 Å². The number of hydrogen-bond donors (Lipinski definition) is 1. The third-order valence-corrected chi connectivity index (χ3v) is 3.90. The smallest absolute Gasteiger partial charge is 0.0576 e. The second-order valence-corrected chi connectivity index (χ2v) is 5.45. The van der Waals surface area contributed by atoms with Gasteiger partial charge in [-0.25, -0.2) is 0 Å². The van der Waals surface area contributed by atoms with Crippen LogP contribution < -0.4 is 5.43 Å². The van der Waals surface area contributed by atoms with Crippen LogP contribution in [0.1, 0.15) is 11.1 Å². The maximum absolute atomic E-state index is 6.10. The molecule has 1 heterocycles. The van der Waals surface area contributed by atoms with Gasteiger partial charge in [0, 0.05) is 34.7 Å². The number of hydrazone groups is 1. The Bertz CT molecular complexity index is 818. The maximum atomic E-state index is 6.10. The predicted octanol–water partition coefficient (Wildman–Crippen LogP) is 4.59. The van der Waals surface area contributed by atoms with Crippen molar-refractivity contribution in [3.05, 3.63) is 64.8 Å². The number of nitrogens with one attached hydrogen (secondary N) is 1. The van der Waals surface area contributed by atoms with Crippen molar-refractivity contribution in [3.8, 4) is 0 Å². The molecular weight excluding hydrogens is 282 g/mol. The van der Waals surface area contributed by atoms with E-state index in [0.29, 0.717) is 0 Å². The van der Waals surface area contributed by atoms with Crippen molar-refractivity contribution in [2.24, 2.45) is 12.1 Å². The van der Waals surface area contributed by atoms with E-state index in [2.05, 4.69) is 33.4 Å². The molecule has 0 radical (unpaired) electrons. The van der Waals surface area contributed by atoms with Crippen molar-refractivity contribution in [2.75, 3.05) is 5.43 Å². The summed E-state index contributed by atoms with van der Waals surface area (Å²) in [5.41, 5.74) is 7.22. The number of aryl methyl sites for hydroxylation is 2. The molecule has 0 spiro atoms. The van der Waals surface area contributed by atoms with Crippen LogP contribution in [-0.2, 0) is 7.05 Å². The van der Waals surface area contributed by atoms with Gasteiger partial charge < -0.3 is 4.57 Å². The molecule has 106 valence electrons. The van der Waals surface area contributed by atoms with Gasteiger partial charge >= 0.3 is 0 Å². The highest BCUT2D eigenvalue weighted by atomic mass is 35.5. The lowest BCUT2D eigenvalue weighted by Crippen LogP contribution is -1.90. The fourth-order valence-electron chi connectivity index (χ4n) is 2.31. The molecule has 3 rings (SSSR count). The average molecular weight is 298 g/mol. The Labute approximate surface area is 128 Å². The lowest BCUT2D eigenvalue weighted by molar-refractivity contribution is 0.968. The third kappa shape index (κ3) is 2.78. The van der Waals surface area contributed by atoms with Gasteiger partial charge in [-0.05, 0) is 30.7 Å². The summed E-state index contributed by atoms with van der Waals surface area (Å²) in [5.74, 6) is 0. The first kappa shape index (κ1) is 13.7. The molecule has 2 aromatic carbocycles. The molecule has 0 amide bonds. The topological polar surface area (TPSA) is 29.3 Å². The molecule has 0 unspecified atom stereocenters. The lowest BCUT2D eigenvalue weighted by atomic mass is 10.2. The van der Waals surface area contributed by atoms with Crippen molar-refractivity contribution in [1.29, 1.82) is 0 Å². The van der Waals surface area contributed by atoms with Gasteiger partial charge in [0.1, 0.15) is 0 Å². The molecule has 3 aromatic rings. The Morgan fingerprint density at radius 2 is 2.00 bits per heavy atom. The number of anilines is 1. The van der Waals surface area contributed by atoms with E-state index in [1.165, 1.54) is 10.9 Å². The summed E-state index contributed by atoms with van der Waals surface area (Å²) in [7, 11) is 2.03. The van der Waals surface area contributed by atoms with Crippen LogP contribution in [0, 0.1) is 6.92 Å². The molecule has 0 saturated heterocycles. The van der Waals surface area contributed by atoms with Crippen molar-refractivity contribution < 1.29 is 0 Å². The number of para-hydroxylation sites is 1. The molecule has 1 N–H and O–H groups in total. The molecule has 0 aliphatic heterocycles. The summed E-state index contributed by atoms with van der Waals surface area (Å²) in [6.07, 6.45) is 3.90. The minimum atomic E-state index is 0.736. The van der Waals surface area contributed by atoms with Crippen LogP contribution in [0.25, 0.3) is 10.9 Å². The number of benzene rings is 2. The van der Waals surface area contributed by atoms with Crippen molar-refractivity contribution >= 4 is 34.4 Å². The number of halogens is 1. The third-order valence-electron chi connectivity index (χ3n) is 3.50. The number of hydrogen-bond acceptors (Lipinski definition) is 2. The molecular formula is C17H16ClN3. The number of nitrogens with zero attached hydrogens (tertiary/aromatic N) is 2. The zero-order valence-electron chi connectivity index (χ0n) is 12.0. The molecule has 0 bridgehead atoms. The zero-order valence-corrected chi connectivity index (χ0v) is 12.7. The van der Waals surface area contributed by atoms with Crippen molar-refractivity contribution in [2.45, 2.75) is 6.92 Å². The van der Waals surface area contributed by atoms with Gasteiger partial charge in [-0.15, -0.1) is 0 Å². The summed E-state index contributed by atoms with van der Waals surface area (Å²) in [5, 5.41) is 6.22. The molecule has 0 atom stereocenters. The molecule has 0 aliphatic rings. The summed E-state index contributed by atoms with van der Waals surface area (Å²) in [4.78, 5) is 0. The summed E-state index contributed by atoms with van der Waals surface area (Å²) in [6, 6.07) is 14.1. The van der Waals surface area contributed by atoms with E-state index in [1.807, 2.05) is 50.5 Å². The van der Waals surface area contributed by atoms with E-state index < -0.39 is 0 Å². The van der Waals surface area contributed by atoms with E-state index in [-0.39, 0.29) is 0 Å². The first-order valence-electron chi connectivity index (χ1n) is 6.74.